The number of hydrogen-bond donors (Lipinski definition) is 1. The average Bonchev–Trinajstić information content (AvgIpc) is 2.59. The SMILES string of the molecule is COC(=O)C(OC(=O)c1cccc(NC(C)=O)c1)c1ccccc1. The van der Waals surface area contributed by atoms with Gasteiger partial charge in [0, 0.05) is 18.2 Å². The van der Waals surface area contributed by atoms with Gasteiger partial charge in [-0.2, -0.15) is 0 Å². The molecular weight excluding hydrogens is 310 g/mol. The number of carbonyl (C=O) groups is 3. The Morgan fingerprint density at radius 3 is 2.33 bits per heavy atom. The summed E-state index contributed by atoms with van der Waals surface area (Å²) in [6, 6.07) is 14.9. The fourth-order valence-electron chi connectivity index (χ4n) is 2.09. The van der Waals surface area contributed by atoms with E-state index >= 15 is 0 Å². The van der Waals surface area contributed by atoms with Crippen molar-refractivity contribution in [1.29, 1.82) is 0 Å². The molecule has 0 aliphatic rings. The molecule has 0 saturated carbocycles. The van der Waals surface area contributed by atoms with E-state index in [-0.39, 0.29) is 11.5 Å². The largest absolute Gasteiger partial charge is 0.466 e. The van der Waals surface area contributed by atoms with Crippen LogP contribution in [0, 0.1) is 0 Å². The lowest BCUT2D eigenvalue weighted by Gasteiger charge is -2.16. The van der Waals surface area contributed by atoms with E-state index in [1.165, 1.54) is 26.2 Å². The smallest absolute Gasteiger partial charge is 0.351 e. The molecule has 2 aromatic carbocycles. The van der Waals surface area contributed by atoms with Gasteiger partial charge in [0.1, 0.15) is 0 Å². The van der Waals surface area contributed by atoms with Crippen LogP contribution >= 0.6 is 0 Å². The average molecular weight is 327 g/mol. The number of carbonyl (C=O) groups excluding carboxylic acids is 3. The Balaban J connectivity index is 2.22. The van der Waals surface area contributed by atoms with E-state index < -0.39 is 18.0 Å². The van der Waals surface area contributed by atoms with E-state index in [0.29, 0.717) is 11.3 Å². The molecule has 1 atom stereocenters. The highest BCUT2D eigenvalue weighted by molar-refractivity contribution is 5.94. The Labute approximate surface area is 139 Å². The summed E-state index contributed by atoms with van der Waals surface area (Å²) in [5.74, 6) is -1.62. The monoisotopic (exact) mass is 327 g/mol. The van der Waals surface area contributed by atoms with Gasteiger partial charge in [0.2, 0.25) is 12.0 Å². The zero-order chi connectivity index (χ0) is 17.5. The van der Waals surface area contributed by atoms with E-state index in [4.69, 9.17) is 9.47 Å². The van der Waals surface area contributed by atoms with Crippen LogP contribution in [0.25, 0.3) is 0 Å². The highest BCUT2D eigenvalue weighted by Gasteiger charge is 2.26. The normalized spacial score (nSPS) is 11.2. The number of ether oxygens (including phenoxy) is 2. The first-order chi connectivity index (χ1) is 11.5. The second-order valence-corrected chi connectivity index (χ2v) is 4.98. The van der Waals surface area contributed by atoms with Crippen molar-refractivity contribution in [3.8, 4) is 0 Å². The number of esters is 2. The summed E-state index contributed by atoms with van der Waals surface area (Å²) in [5.41, 5.74) is 1.19. The van der Waals surface area contributed by atoms with Crippen LogP contribution in [0.5, 0.6) is 0 Å². The first-order valence-corrected chi connectivity index (χ1v) is 7.22. The van der Waals surface area contributed by atoms with Gasteiger partial charge >= 0.3 is 11.9 Å². The Bertz CT molecular complexity index is 742. The van der Waals surface area contributed by atoms with E-state index in [0.717, 1.165) is 0 Å². The van der Waals surface area contributed by atoms with Crippen LogP contribution < -0.4 is 5.32 Å². The second-order valence-electron chi connectivity index (χ2n) is 4.98. The molecule has 0 aromatic heterocycles. The van der Waals surface area contributed by atoms with Crippen LogP contribution in [0.3, 0.4) is 0 Å². The van der Waals surface area contributed by atoms with Gasteiger partial charge in [-0.1, -0.05) is 36.4 Å². The minimum absolute atomic E-state index is 0.214. The molecule has 24 heavy (non-hydrogen) atoms. The minimum atomic E-state index is -1.16. The summed E-state index contributed by atoms with van der Waals surface area (Å²) in [7, 11) is 1.23. The number of hydrogen-bond acceptors (Lipinski definition) is 5. The van der Waals surface area contributed by atoms with Crippen molar-refractivity contribution in [1.82, 2.24) is 0 Å². The molecule has 0 aliphatic heterocycles. The first-order valence-electron chi connectivity index (χ1n) is 7.22. The van der Waals surface area contributed by atoms with Gasteiger partial charge in [0.05, 0.1) is 12.7 Å². The zero-order valence-corrected chi connectivity index (χ0v) is 13.3. The van der Waals surface area contributed by atoms with Crippen molar-refractivity contribution in [2.24, 2.45) is 0 Å². The van der Waals surface area contributed by atoms with Crippen LogP contribution in [0.2, 0.25) is 0 Å². The number of benzene rings is 2. The van der Waals surface area contributed by atoms with Crippen LogP contribution in [0.4, 0.5) is 5.69 Å². The van der Waals surface area contributed by atoms with Gasteiger partial charge in [0.25, 0.3) is 0 Å². The lowest BCUT2D eigenvalue weighted by Crippen LogP contribution is -2.21. The molecule has 2 aromatic rings. The Morgan fingerprint density at radius 1 is 1.00 bits per heavy atom. The maximum absolute atomic E-state index is 12.3. The predicted octanol–water partition coefficient (Wildman–Crippen LogP) is 2.72. The van der Waals surface area contributed by atoms with E-state index in [1.54, 1.807) is 42.5 Å². The predicted molar refractivity (Wildman–Crippen MR) is 87.4 cm³/mol. The third-order valence-electron chi connectivity index (χ3n) is 3.16. The number of rotatable bonds is 5. The second kappa shape index (κ2) is 7.92. The lowest BCUT2D eigenvalue weighted by atomic mass is 10.1. The quantitative estimate of drug-likeness (QED) is 0.854. The molecular formula is C18H17NO5. The fraction of sp³-hybridized carbons (Fsp3) is 0.167. The molecule has 1 unspecified atom stereocenters. The molecule has 124 valence electrons. The summed E-state index contributed by atoms with van der Waals surface area (Å²) in [6.45, 7) is 1.37. The van der Waals surface area contributed by atoms with Crippen molar-refractivity contribution >= 4 is 23.5 Å². The Morgan fingerprint density at radius 2 is 1.71 bits per heavy atom. The number of methoxy groups -OCH3 is 1. The standard InChI is InChI=1S/C18H17NO5/c1-12(20)19-15-10-6-9-14(11-15)17(21)24-16(18(22)23-2)13-7-4-3-5-8-13/h3-11,16H,1-2H3,(H,19,20). The number of nitrogens with one attached hydrogen (secondary N) is 1. The topological polar surface area (TPSA) is 81.7 Å². The van der Waals surface area contributed by atoms with Crippen molar-refractivity contribution < 1.29 is 23.9 Å². The molecule has 0 radical (unpaired) electrons. The van der Waals surface area contributed by atoms with Crippen LogP contribution in [-0.4, -0.2) is 25.0 Å². The minimum Gasteiger partial charge on any atom is -0.466 e. The van der Waals surface area contributed by atoms with Crippen molar-refractivity contribution in [3.05, 3.63) is 65.7 Å². The Hall–Kier alpha value is -3.15. The highest BCUT2D eigenvalue weighted by atomic mass is 16.6. The molecule has 0 fully saturated rings. The third-order valence-corrected chi connectivity index (χ3v) is 3.16. The number of amides is 1. The Kier molecular flexibility index (Phi) is 5.68. The summed E-state index contributed by atoms with van der Waals surface area (Å²) < 4.78 is 10.0. The van der Waals surface area contributed by atoms with Gasteiger partial charge in [0.15, 0.2) is 0 Å². The highest BCUT2D eigenvalue weighted by Crippen LogP contribution is 2.21. The molecule has 6 nitrogen and oxygen atoms in total. The number of anilines is 1. The molecule has 0 spiro atoms. The molecule has 0 saturated heterocycles. The summed E-state index contributed by atoms with van der Waals surface area (Å²) >= 11 is 0. The maximum Gasteiger partial charge on any atom is 0.351 e. The molecule has 0 bridgehead atoms. The maximum atomic E-state index is 12.3. The van der Waals surface area contributed by atoms with Gasteiger partial charge in [-0.05, 0) is 18.2 Å². The first kappa shape index (κ1) is 17.2. The molecule has 0 aliphatic carbocycles. The van der Waals surface area contributed by atoms with Crippen LogP contribution in [0.1, 0.15) is 28.9 Å². The van der Waals surface area contributed by atoms with Crippen LogP contribution in [0.15, 0.2) is 54.6 Å². The van der Waals surface area contributed by atoms with E-state index in [9.17, 15) is 14.4 Å². The summed E-state index contributed by atoms with van der Waals surface area (Å²) in [6.07, 6.45) is -1.16. The van der Waals surface area contributed by atoms with Crippen LogP contribution in [-0.2, 0) is 19.1 Å². The van der Waals surface area contributed by atoms with E-state index in [1.807, 2.05) is 0 Å². The van der Waals surface area contributed by atoms with Gasteiger partial charge < -0.3 is 14.8 Å². The van der Waals surface area contributed by atoms with Crippen molar-refractivity contribution in [2.45, 2.75) is 13.0 Å². The molecule has 6 heteroatoms. The molecule has 1 amide bonds. The third kappa shape index (κ3) is 4.42. The summed E-state index contributed by atoms with van der Waals surface area (Å²) in [4.78, 5) is 35.4. The van der Waals surface area contributed by atoms with E-state index in [2.05, 4.69) is 5.32 Å². The van der Waals surface area contributed by atoms with Gasteiger partial charge in [-0.15, -0.1) is 0 Å². The molecule has 2 rings (SSSR count). The van der Waals surface area contributed by atoms with Crippen molar-refractivity contribution in [3.63, 3.8) is 0 Å². The fourth-order valence-corrected chi connectivity index (χ4v) is 2.09. The van der Waals surface area contributed by atoms with Crippen molar-refractivity contribution in [2.75, 3.05) is 12.4 Å². The van der Waals surface area contributed by atoms with Gasteiger partial charge in [-0.3, -0.25) is 4.79 Å². The van der Waals surface area contributed by atoms with Gasteiger partial charge in [-0.25, -0.2) is 9.59 Å². The summed E-state index contributed by atoms with van der Waals surface area (Å²) in [5, 5.41) is 2.58. The molecule has 0 heterocycles. The zero-order valence-electron chi connectivity index (χ0n) is 13.3. The molecule has 1 N–H and O–H groups in total. The lowest BCUT2D eigenvalue weighted by molar-refractivity contribution is -0.151.